The van der Waals surface area contributed by atoms with Gasteiger partial charge in [-0.1, -0.05) is 40.0 Å². The summed E-state index contributed by atoms with van der Waals surface area (Å²) in [6, 6.07) is 0.595. The van der Waals surface area contributed by atoms with E-state index in [0.717, 1.165) is 31.6 Å². The molecule has 0 aromatic heterocycles. The van der Waals surface area contributed by atoms with E-state index in [4.69, 9.17) is 4.74 Å². The summed E-state index contributed by atoms with van der Waals surface area (Å²) in [7, 11) is 0. The van der Waals surface area contributed by atoms with Gasteiger partial charge in [0.25, 0.3) is 0 Å². The molecular formula is C16H33NO. The van der Waals surface area contributed by atoms with E-state index >= 15 is 0 Å². The zero-order valence-corrected chi connectivity index (χ0v) is 12.7. The number of hydrogen-bond donors (Lipinski definition) is 1. The Morgan fingerprint density at radius 2 is 1.89 bits per heavy atom. The number of ether oxygens (including phenoxy) is 1. The Bertz CT molecular complexity index is 188. The van der Waals surface area contributed by atoms with E-state index in [2.05, 4.69) is 26.1 Å². The third kappa shape index (κ3) is 6.75. The fraction of sp³-hybridized carbons (Fsp3) is 1.00. The van der Waals surface area contributed by atoms with Crippen LogP contribution in [0.25, 0.3) is 0 Å². The molecular weight excluding hydrogens is 222 g/mol. The van der Waals surface area contributed by atoms with E-state index in [1.807, 2.05) is 0 Å². The summed E-state index contributed by atoms with van der Waals surface area (Å²) in [5.74, 6) is 1.60. The third-order valence-electron chi connectivity index (χ3n) is 4.01. The Balaban J connectivity index is 2.25. The van der Waals surface area contributed by atoms with Gasteiger partial charge in [-0.3, -0.25) is 0 Å². The van der Waals surface area contributed by atoms with Gasteiger partial charge in [-0.05, 0) is 44.1 Å². The summed E-state index contributed by atoms with van der Waals surface area (Å²) in [5, 5.41) is 3.70. The number of hydrogen-bond acceptors (Lipinski definition) is 2. The molecule has 1 unspecified atom stereocenters. The van der Waals surface area contributed by atoms with E-state index in [-0.39, 0.29) is 0 Å². The van der Waals surface area contributed by atoms with Crippen LogP contribution >= 0.6 is 0 Å². The Morgan fingerprint density at radius 1 is 1.17 bits per heavy atom. The van der Waals surface area contributed by atoms with Crippen LogP contribution in [0.1, 0.15) is 65.7 Å². The SMILES string of the molecule is CCCNC(COCCC(C)C)C1CCCCC1. The van der Waals surface area contributed by atoms with E-state index in [1.165, 1.54) is 44.9 Å². The van der Waals surface area contributed by atoms with Crippen molar-refractivity contribution in [2.75, 3.05) is 19.8 Å². The molecule has 1 aliphatic rings. The molecule has 18 heavy (non-hydrogen) atoms. The predicted octanol–water partition coefficient (Wildman–Crippen LogP) is 4.00. The minimum atomic E-state index is 0.595. The maximum Gasteiger partial charge on any atom is 0.0622 e. The molecule has 0 aliphatic heterocycles. The monoisotopic (exact) mass is 255 g/mol. The third-order valence-corrected chi connectivity index (χ3v) is 4.01. The molecule has 0 heterocycles. The van der Waals surface area contributed by atoms with Crippen LogP contribution in [0.15, 0.2) is 0 Å². The largest absolute Gasteiger partial charge is 0.380 e. The van der Waals surface area contributed by atoms with Gasteiger partial charge < -0.3 is 10.1 Å². The van der Waals surface area contributed by atoms with Gasteiger partial charge in [-0.2, -0.15) is 0 Å². The second-order valence-electron chi connectivity index (χ2n) is 6.22. The van der Waals surface area contributed by atoms with Crippen LogP contribution in [-0.4, -0.2) is 25.8 Å². The van der Waals surface area contributed by atoms with E-state index in [0.29, 0.717) is 6.04 Å². The lowest BCUT2D eigenvalue weighted by molar-refractivity contribution is 0.0778. The highest BCUT2D eigenvalue weighted by Crippen LogP contribution is 2.26. The maximum absolute atomic E-state index is 5.89. The van der Waals surface area contributed by atoms with Gasteiger partial charge in [0.1, 0.15) is 0 Å². The number of nitrogens with one attached hydrogen (secondary N) is 1. The van der Waals surface area contributed by atoms with Gasteiger partial charge in [-0.15, -0.1) is 0 Å². The molecule has 0 aromatic rings. The van der Waals surface area contributed by atoms with Crippen molar-refractivity contribution in [2.24, 2.45) is 11.8 Å². The normalized spacial score (nSPS) is 19.3. The van der Waals surface area contributed by atoms with Gasteiger partial charge in [0, 0.05) is 12.6 Å². The first-order valence-corrected chi connectivity index (χ1v) is 8.05. The second kappa shape index (κ2) is 9.80. The highest BCUT2D eigenvalue weighted by atomic mass is 16.5. The Hall–Kier alpha value is -0.0800. The van der Waals surface area contributed by atoms with Crippen LogP contribution in [0, 0.1) is 11.8 Å². The second-order valence-corrected chi connectivity index (χ2v) is 6.22. The predicted molar refractivity (Wildman–Crippen MR) is 78.9 cm³/mol. The zero-order chi connectivity index (χ0) is 13.2. The van der Waals surface area contributed by atoms with Crippen LogP contribution in [-0.2, 0) is 4.74 Å². The summed E-state index contributed by atoms with van der Waals surface area (Å²) in [4.78, 5) is 0. The van der Waals surface area contributed by atoms with E-state index in [9.17, 15) is 0 Å². The molecule has 1 aliphatic carbocycles. The summed E-state index contributed by atoms with van der Waals surface area (Å²) in [6.07, 6.45) is 9.47. The quantitative estimate of drug-likeness (QED) is 0.629. The van der Waals surface area contributed by atoms with Crippen molar-refractivity contribution < 1.29 is 4.74 Å². The smallest absolute Gasteiger partial charge is 0.0622 e. The Labute approximate surface area is 114 Å². The molecule has 1 saturated carbocycles. The van der Waals surface area contributed by atoms with Crippen LogP contribution in [0.3, 0.4) is 0 Å². The Kier molecular flexibility index (Phi) is 8.70. The van der Waals surface area contributed by atoms with Crippen molar-refractivity contribution in [3.8, 4) is 0 Å². The molecule has 0 bridgehead atoms. The van der Waals surface area contributed by atoms with Gasteiger partial charge in [0.05, 0.1) is 6.61 Å². The lowest BCUT2D eigenvalue weighted by Crippen LogP contribution is -2.41. The maximum atomic E-state index is 5.89. The lowest BCUT2D eigenvalue weighted by atomic mass is 9.84. The molecule has 1 N–H and O–H groups in total. The first kappa shape index (κ1) is 16.0. The van der Waals surface area contributed by atoms with Crippen molar-refractivity contribution >= 4 is 0 Å². The number of rotatable bonds is 9. The van der Waals surface area contributed by atoms with Crippen molar-refractivity contribution in [1.82, 2.24) is 5.32 Å². The van der Waals surface area contributed by atoms with Gasteiger partial charge >= 0.3 is 0 Å². The van der Waals surface area contributed by atoms with Gasteiger partial charge in [-0.25, -0.2) is 0 Å². The average Bonchev–Trinajstić information content (AvgIpc) is 2.38. The highest BCUT2D eigenvalue weighted by Gasteiger charge is 2.23. The summed E-state index contributed by atoms with van der Waals surface area (Å²) < 4.78 is 5.89. The molecule has 0 spiro atoms. The van der Waals surface area contributed by atoms with Gasteiger partial charge in [0.2, 0.25) is 0 Å². The van der Waals surface area contributed by atoms with Crippen LogP contribution in [0.2, 0.25) is 0 Å². The molecule has 0 amide bonds. The molecule has 1 rings (SSSR count). The highest BCUT2D eigenvalue weighted by molar-refractivity contribution is 4.79. The fourth-order valence-electron chi connectivity index (χ4n) is 2.76. The average molecular weight is 255 g/mol. The topological polar surface area (TPSA) is 21.3 Å². The minimum absolute atomic E-state index is 0.595. The van der Waals surface area contributed by atoms with E-state index in [1.54, 1.807) is 0 Å². The molecule has 0 radical (unpaired) electrons. The van der Waals surface area contributed by atoms with E-state index < -0.39 is 0 Å². The molecule has 0 saturated heterocycles. The summed E-state index contributed by atoms with van der Waals surface area (Å²) in [6.45, 7) is 9.74. The first-order valence-electron chi connectivity index (χ1n) is 8.05. The molecule has 2 nitrogen and oxygen atoms in total. The standard InChI is InChI=1S/C16H33NO/c1-4-11-17-16(13-18-12-10-14(2)3)15-8-6-5-7-9-15/h14-17H,4-13H2,1-3H3. The van der Waals surface area contributed by atoms with Crippen LogP contribution < -0.4 is 5.32 Å². The zero-order valence-electron chi connectivity index (χ0n) is 12.7. The molecule has 1 atom stereocenters. The van der Waals surface area contributed by atoms with Crippen molar-refractivity contribution in [3.63, 3.8) is 0 Å². The van der Waals surface area contributed by atoms with Crippen molar-refractivity contribution in [2.45, 2.75) is 71.8 Å². The molecule has 108 valence electrons. The first-order chi connectivity index (χ1) is 8.74. The van der Waals surface area contributed by atoms with Gasteiger partial charge in [0.15, 0.2) is 0 Å². The molecule has 0 aromatic carbocycles. The van der Waals surface area contributed by atoms with Crippen LogP contribution in [0.5, 0.6) is 0 Å². The minimum Gasteiger partial charge on any atom is -0.380 e. The lowest BCUT2D eigenvalue weighted by Gasteiger charge is -2.31. The summed E-state index contributed by atoms with van der Waals surface area (Å²) >= 11 is 0. The molecule has 1 fully saturated rings. The molecule has 2 heteroatoms. The van der Waals surface area contributed by atoms with Crippen molar-refractivity contribution in [1.29, 1.82) is 0 Å². The summed E-state index contributed by atoms with van der Waals surface area (Å²) in [5.41, 5.74) is 0. The van der Waals surface area contributed by atoms with Crippen LogP contribution in [0.4, 0.5) is 0 Å². The Morgan fingerprint density at radius 3 is 2.50 bits per heavy atom. The fourth-order valence-corrected chi connectivity index (χ4v) is 2.76. The van der Waals surface area contributed by atoms with Crippen molar-refractivity contribution in [3.05, 3.63) is 0 Å².